The van der Waals surface area contributed by atoms with Crippen LogP contribution in [0.5, 0.6) is 11.5 Å². The molecule has 30 heavy (non-hydrogen) atoms. The topological polar surface area (TPSA) is 54.0 Å². The molecule has 0 spiro atoms. The molecule has 0 radical (unpaired) electrons. The van der Waals surface area contributed by atoms with Crippen LogP contribution in [0.25, 0.3) is 0 Å². The largest absolute Gasteiger partial charge is 0.483 e. The van der Waals surface area contributed by atoms with Gasteiger partial charge in [0.15, 0.2) is 18.1 Å². The third kappa shape index (κ3) is 4.70. The van der Waals surface area contributed by atoms with Gasteiger partial charge in [0.1, 0.15) is 5.60 Å². The SMILES string of the molecule is CN1CCN(c2ccccc2CNC(=O)COc2cccc3c2OC(C)(C)C3)CC1. The molecule has 2 aromatic rings. The molecule has 2 aliphatic heterocycles. The Hall–Kier alpha value is -2.73. The van der Waals surface area contributed by atoms with E-state index in [-0.39, 0.29) is 18.1 Å². The molecule has 0 atom stereocenters. The van der Waals surface area contributed by atoms with Crippen LogP contribution in [-0.4, -0.2) is 56.2 Å². The number of para-hydroxylation sites is 2. The van der Waals surface area contributed by atoms with Crippen LogP contribution in [0.3, 0.4) is 0 Å². The van der Waals surface area contributed by atoms with Gasteiger partial charge in [-0.15, -0.1) is 0 Å². The van der Waals surface area contributed by atoms with Crippen molar-refractivity contribution in [1.29, 1.82) is 0 Å². The molecule has 2 aliphatic rings. The van der Waals surface area contributed by atoms with Crippen molar-refractivity contribution in [2.45, 2.75) is 32.4 Å². The smallest absolute Gasteiger partial charge is 0.258 e. The van der Waals surface area contributed by atoms with Crippen molar-refractivity contribution >= 4 is 11.6 Å². The second kappa shape index (κ2) is 8.56. The lowest BCUT2D eigenvalue weighted by Gasteiger charge is -2.35. The molecule has 0 unspecified atom stereocenters. The van der Waals surface area contributed by atoms with Crippen LogP contribution in [0.15, 0.2) is 42.5 Å². The highest BCUT2D eigenvalue weighted by Gasteiger charge is 2.32. The number of rotatable bonds is 6. The Morgan fingerprint density at radius 2 is 1.87 bits per heavy atom. The Labute approximate surface area is 178 Å². The van der Waals surface area contributed by atoms with Crippen LogP contribution in [0, 0.1) is 0 Å². The number of carbonyl (C=O) groups is 1. The highest BCUT2D eigenvalue weighted by molar-refractivity contribution is 5.78. The second-order valence-electron chi connectivity index (χ2n) is 8.77. The van der Waals surface area contributed by atoms with E-state index in [1.807, 2.05) is 24.3 Å². The van der Waals surface area contributed by atoms with Gasteiger partial charge in [0, 0.05) is 50.4 Å². The maximum absolute atomic E-state index is 12.5. The number of amides is 1. The Kier molecular flexibility index (Phi) is 5.86. The van der Waals surface area contributed by atoms with Crippen molar-refractivity contribution in [1.82, 2.24) is 10.2 Å². The first kappa shape index (κ1) is 20.5. The number of piperazine rings is 1. The molecule has 1 N–H and O–H groups in total. The van der Waals surface area contributed by atoms with Gasteiger partial charge in [-0.3, -0.25) is 4.79 Å². The zero-order valence-corrected chi connectivity index (χ0v) is 18.1. The molecule has 1 saturated heterocycles. The number of hydrogen-bond acceptors (Lipinski definition) is 5. The summed E-state index contributed by atoms with van der Waals surface area (Å²) in [4.78, 5) is 17.2. The van der Waals surface area contributed by atoms with E-state index in [1.165, 1.54) is 5.69 Å². The van der Waals surface area contributed by atoms with Crippen LogP contribution in [-0.2, 0) is 17.8 Å². The van der Waals surface area contributed by atoms with Gasteiger partial charge in [0.2, 0.25) is 0 Å². The molecule has 4 rings (SSSR count). The monoisotopic (exact) mass is 409 g/mol. The molecule has 0 aliphatic carbocycles. The van der Waals surface area contributed by atoms with E-state index in [9.17, 15) is 4.79 Å². The Morgan fingerprint density at radius 3 is 2.67 bits per heavy atom. The maximum Gasteiger partial charge on any atom is 0.258 e. The summed E-state index contributed by atoms with van der Waals surface area (Å²) < 4.78 is 11.8. The lowest BCUT2D eigenvalue weighted by Crippen LogP contribution is -2.45. The van der Waals surface area contributed by atoms with Crippen molar-refractivity contribution < 1.29 is 14.3 Å². The first-order valence-corrected chi connectivity index (χ1v) is 10.6. The van der Waals surface area contributed by atoms with Crippen molar-refractivity contribution in [3.8, 4) is 11.5 Å². The molecule has 2 heterocycles. The first-order valence-electron chi connectivity index (χ1n) is 10.6. The number of anilines is 1. The standard InChI is InChI=1S/C24H31N3O3/c1-24(2)15-18-8-6-10-21(23(18)30-24)29-17-22(28)25-16-19-7-4-5-9-20(19)27-13-11-26(3)12-14-27/h4-10H,11-17H2,1-3H3,(H,25,28). The molecule has 0 bridgehead atoms. The summed E-state index contributed by atoms with van der Waals surface area (Å²) in [6, 6.07) is 14.1. The van der Waals surface area contributed by atoms with Crippen molar-refractivity contribution in [3.63, 3.8) is 0 Å². The number of carbonyl (C=O) groups excluding carboxylic acids is 1. The van der Waals surface area contributed by atoms with E-state index >= 15 is 0 Å². The van der Waals surface area contributed by atoms with E-state index in [0.29, 0.717) is 12.3 Å². The van der Waals surface area contributed by atoms with Gasteiger partial charge in [-0.1, -0.05) is 30.3 Å². The number of fused-ring (bicyclic) bond motifs is 1. The normalized spacial score (nSPS) is 17.9. The van der Waals surface area contributed by atoms with Crippen molar-refractivity contribution in [2.24, 2.45) is 0 Å². The molecular formula is C24H31N3O3. The van der Waals surface area contributed by atoms with E-state index in [0.717, 1.165) is 49.5 Å². The van der Waals surface area contributed by atoms with E-state index in [1.54, 1.807) is 0 Å². The van der Waals surface area contributed by atoms with Gasteiger partial charge in [-0.2, -0.15) is 0 Å². The molecule has 1 fully saturated rings. The number of hydrogen-bond donors (Lipinski definition) is 1. The van der Waals surface area contributed by atoms with Crippen molar-refractivity contribution in [2.75, 3.05) is 44.7 Å². The fourth-order valence-corrected chi connectivity index (χ4v) is 4.11. The minimum Gasteiger partial charge on any atom is -0.483 e. The molecule has 6 nitrogen and oxygen atoms in total. The van der Waals surface area contributed by atoms with E-state index in [2.05, 4.69) is 54.2 Å². The average molecular weight is 410 g/mol. The Morgan fingerprint density at radius 1 is 1.10 bits per heavy atom. The minimum atomic E-state index is -0.239. The van der Waals surface area contributed by atoms with E-state index < -0.39 is 0 Å². The van der Waals surface area contributed by atoms with Gasteiger partial charge < -0.3 is 24.6 Å². The lowest BCUT2D eigenvalue weighted by atomic mass is 10.0. The Bertz CT molecular complexity index is 904. The molecule has 2 aromatic carbocycles. The highest BCUT2D eigenvalue weighted by atomic mass is 16.5. The van der Waals surface area contributed by atoms with Gasteiger partial charge in [0.05, 0.1) is 0 Å². The predicted octanol–water partition coefficient (Wildman–Crippen LogP) is 2.85. The fourth-order valence-electron chi connectivity index (χ4n) is 4.11. The Balaban J connectivity index is 1.33. The highest BCUT2D eigenvalue weighted by Crippen LogP contribution is 2.41. The van der Waals surface area contributed by atoms with Crippen LogP contribution < -0.4 is 19.7 Å². The summed E-state index contributed by atoms with van der Waals surface area (Å²) in [5.41, 5.74) is 3.21. The van der Waals surface area contributed by atoms with Gasteiger partial charge in [-0.25, -0.2) is 0 Å². The zero-order chi connectivity index (χ0) is 21.1. The summed E-state index contributed by atoms with van der Waals surface area (Å²) >= 11 is 0. The summed E-state index contributed by atoms with van der Waals surface area (Å²) in [7, 11) is 2.15. The molecular weight excluding hydrogens is 378 g/mol. The summed E-state index contributed by atoms with van der Waals surface area (Å²) in [6.45, 7) is 8.67. The number of benzene rings is 2. The lowest BCUT2D eigenvalue weighted by molar-refractivity contribution is -0.123. The van der Waals surface area contributed by atoms with Crippen LogP contribution >= 0.6 is 0 Å². The second-order valence-corrected chi connectivity index (χ2v) is 8.77. The molecule has 0 saturated carbocycles. The van der Waals surface area contributed by atoms with Crippen LogP contribution in [0.1, 0.15) is 25.0 Å². The van der Waals surface area contributed by atoms with Gasteiger partial charge >= 0.3 is 0 Å². The van der Waals surface area contributed by atoms with Gasteiger partial charge in [-0.05, 0) is 38.6 Å². The summed E-state index contributed by atoms with van der Waals surface area (Å²) in [5.74, 6) is 1.25. The molecule has 160 valence electrons. The number of nitrogens with zero attached hydrogens (tertiary/aromatic N) is 2. The number of ether oxygens (including phenoxy) is 2. The third-order valence-corrected chi connectivity index (χ3v) is 5.73. The summed E-state index contributed by atoms with van der Waals surface area (Å²) in [5, 5.41) is 3.00. The number of likely N-dealkylation sites (N-methyl/N-ethyl adjacent to an activating group) is 1. The molecule has 6 heteroatoms. The molecule has 1 amide bonds. The quantitative estimate of drug-likeness (QED) is 0.795. The van der Waals surface area contributed by atoms with Crippen molar-refractivity contribution in [3.05, 3.63) is 53.6 Å². The zero-order valence-electron chi connectivity index (χ0n) is 18.1. The molecule has 0 aromatic heterocycles. The van der Waals surface area contributed by atoms with Crippen LogP contribution in [0.4, 0.5) is 5.69 Å². The third-order valence-electron chi connectivity index (χ3n) is 5.73. The van der Waals surface area contributed by atoms with E-state index in [4.69, 9.17) is 9.47 Å². The summed E-state index contributed by atoms with van der Waals surface area (Å²) in [6.07, 6.45) is 0.842. The fraction of sp³-hybridized carbons (Fsp3) is 0.458. The maximum atomic E-state index is 12.5. The van der Waals surface area contributed by atoms with Gasteiger partial charge in [0.25, 0.3) is 5.91 Å². The first-order chi connectivity index (χ1) is 14.4. The minimum absolute atomic E-state index is 0.0308. The van der Waals surface area contributed by atoms with Crippen LogP contribution in [0.2, 0.25) is 0 Å². The average Bonchev–Trinajstić information content (AvgIpc) is 3.06. The number of nitrogens with one attached hydrogen (secondary N) is 1. The predicted molar refractivity (Wildman–Crippen MR) is 118 cm³/mol.